The SMILES string of the molecule is Cc1ccc(CSCC(NC(=O)OC(C)(C)C)C(=O)O)c(Cl)c1. The normalized spacial score (nSPS) is 12.6. The van der Waals surface area contributed by atoms with Crippen molar-refractivity contribution >= 4 is 35.4 Å². The van der Waals surface area contributed by atoms with Crippen molar-refractivity contribution in [3.8, 4) is 0 Å². The van der Waals surface area contributed by atoms with Gasteiger partial charge >= 0.3 is 12.1 Å². The van der Waals surface area contributed by atoms with Gasteiger partial charge in [-0.25, -0.2) is 9.59 Å². The van der Waals surface area contributed by atoms with Gasteiger partial charge in [0.2, 0.25) is 0 Å². The van der Waals surface area contributed by atoms with Crippen molar-refractivity contribution in [3.63, 3.8) is 0 Å². The van der Waals surface area contributed by atoms with Crippen molar-refractivity contribution in [1.82, 2.24) is 5.32 Å². The maximum absolute atomic E-state index is 11.7. The number of rotatable bonds is 6. The van der Waals surface area contributed by atoms with Gasteiger partial charge < -0.3 is 15.2 Å². The second kappa shape index (κ2) is 8.45. The minimum Gasteiger partial charge on any atom is -0.480 e. The van der Waals surface area contributed by atoms with Crippen molar-refractivity contribution < 1.29 is 19.4 Å². The monoisotopic (exact) mass is 359 g/mol. The summed E-state index contributed by atoms with van der Waals surface area (Å²) >= 11 is 7.53. The van der Waals surface area contributed by atoms with Crippen molar-refractivity contribution in [3.05, 3.63) is 34.3 Å². The molecule has 0 radical (unpaired) electrons. The molecule has 0 saturated carbocycles. The van der Waals surface area contributed by atoms with Gasteiger partial charge in [-0.15, -0.1) is 0 Å². The Morgan fingerprint density at radius 2 is 2.04 bits per heavy atom. The molecule has 1 aromatic carbocycles. The number of aryl methyl sites for hydroxylation is 1. The number of alkyl carbamates (subject to hydrolysis) is 1. The van der Waals surface area contributed by atoms with E-state index >= 15 is 0 Å². The Morgan fingerprint density at radius 1 is 1.39 bits per heavy atom. The fourth-order valence-electron chi connectivity index (χ4n) is 1.68. The molecule has 23 heavy (non-hydrogen) atoms. The third-order valence-electron chi connectivity index (χ3n) is 2.74. The Morgan fingerprint density at radius 3 is 2.57 bits per heavy atom. The molecule has 5 nitrogen and oxygen atoms in total. The molecule has 0 aliphatic heterocycles. The minimum absolute atomic E-state index is 0.221. The lowest BCUT2D eigenvalue weighted by atomic mass is 10.2. The first-order valence-electron chi connectivity index (χ1n) is 7.13. The summed E-state index contributed by atoms with van der Waals surface area (Å²) in [6.07, 6.45) is -0.737. The summed E-state index contributed by atoms with van der Waals surface area (Å²) in [5.41, 5.74) is 1.33. The first-order valence-corrected chi connectivity index (χ1v) is 8.67. The van der Waals surface area contributed by atoms with E-state index in [0.717, 1.165) is 11.1 Å². The molecular weight excluding hydrogens is 338 g/mol. The van der Waals surface area contributed by atoms with E-state index in [2.05, 4.69) is 5.32 Å². The highest BCUT2D eigenvalue weighted by molar-refractivity contribution is 7.98. The van der Waals surface area contributed by atoms with E-state index < -0.39 is 23.7 Å². The highest BCUT2D eigenvalue weighted by Gasteiger charge is 2.23. The van der Waals surface area contributed by atoms with Crippen molar-refractivity contribution in [2.75, 3.05) is 5.75 Å². The fraction of sp³-hybridized carbons (Fsp3) is 0.500. The number of carbonyl (C=O) groups excluding carboxylic acids is 1. The molecule has 1 atom stereocenters. The zero-order valence-corrected chi connectivity index (χ0v) is 15.3. The Balaban J connectivity index is 2.53. The molecule has 2 N–H and O–H groups in total. The number of carboxylic acids is 1. The van der Waals surface area contributed by atoms with Crippen molar-refractivity contribution in [1.29, 1.82) is 0 Å². The third kappa shape index (κ3) is 7.61. The Bertz CT molecular complexity index is 572. The second-order valence-electron chi connectivity index (χ2n) is 6.15. The van der Waals surface area contributed by atoms with Crippen LogP contribution in [0, 0.1) is 6.92 Å². The highest BCUT2D eigenvalue weighted by atomic mass is 35.5. The average molecular weight is 360 g/mol. The first kappa shape index (κ1) is 19.6. The number of aliphatic carboxylic acids is 1. The lowest BCUT2D eigenvalue weighted by molar-refractivity contribution is -0.138. The van der Waals surface area contributed by atoms with E-state index in [4.69, 9.17) is 16.3 Å². The number of nitrogens with one attached hydrogen (secondary N) is 1. The average Bonchev–Trinajstić information content (AvgIpc) is 2.37. The van der Waals surface area contributed by atoms with Crippen LogP contribution in [0.4, 0.5) is 4.79 Å². The van der Waals surface area contributed by atoms with E-state index in [1.807, 2.05) is 25.1 Å². The number of hydrogen-bond donors (Lipinski definition) is 2. The number of thioether (sulfide) groups is 1. The molecule has 1 aromatic rings. The quantitative estimate of drug-likeness (QED) is 0.806. The predicted molar refractivity (Wildman–Crippen MR) is 93.1 cm³/mol. The van der Waals surface area contributed by atoms with E-state index in [-0.39, 0.29) is 5.75 Å². The van der Waals surface area contributed by atoms with Gasteiger partial charge in [0.1, 0.15) is 11.6 Å². The fourth-order valence-corrected chi connectivity index (χ4v) is 3.11. The molecule has 0 aliphatic rings. The maximum Gasteiger partial charge on any atom is 0.408 e. The Hall–Kier alpha value is -1.40. The molecule has 0 spiro atoms. The van der Waals surface area contributed by atoms with Gasteiger partial charge in [-0.3, -0.25) is 0 Å². The molecule has 7 heteroatoms. The number of hydrogen-bond acceptors (Lipinski definition) is 4. The number of halogens is 1. The minimum atomic E-state index is -1.10. The molecule has 0 bridgehead atoms. The van der Waals surface area contributed by atoms with Gasteiger partial charge in [0.05, 0.1) is 0 Å². The van der Waals surface area contributed by atoms with E-state index in [1.165, 1.54) is 11.8 Å². The molecule has 1 amide bonds. The van der Waals surface area contributed by atoms with Crippen molar-refractivity contribution in [2.45, 2.75) is 45.1 Å². The van der Waals surface area contributed by atoms with Crippen LogP contribution in [-0.4, -0.2) is 34.6 Å². The zero-order chi connectivity index (χ0) is 17.6. The molecule has 0 aromatic heterocycles. The van der Waals surface area contributed by atoms with Crippen LogP contribution in [-0.2, 0) is 15.3 Å². The molecule has 1 unspecified atom stereocenters. The number of benzene rings is 1. The number of amides is 1. The van der Waals surface area contributed by atoms with Crippen LogP contribution in [0.1, 0.15) is 31.9 Å². The summed E-state index contributed by atoms with van der Waals surface area (Å²) < 4.78 is 5.07. The van der Waals surface area contributed by atoms with Crippen LogP contribution in [0.5, 0.6) is 0 Å². The van der Waals surface area contributed by atoms with Crippen LogP contribution in [0.25, 0.3) is 0 Å². The topological polar surface area (TPSA) is 75.6 Å². The molecular formula is C16H22ClNO4S. The summed E-state index contributed by atoms with van der Waals surface area (Å²) in [5.74, 6) is -0.309. The van der Waals surface area contributed by atoms with Crippen LogP contribution < -0.4 is 5.32 Å². The van der Waals surface area contributed by atoms with Crippen LogP contribution in [0.3, 0.4) is 0 Å². The van der Waals surface area contributed by atoms with Gasteiger partial charge in [-0.05, 0) is 44.9 Å². The smallest absolute Gasteiger partial charge is 0.408 e. The molecule has 128 valence electrons. The summed E-state index contributed by atoms with van der Waals surface area (Å²) in [6.45, 7) is 7.11. The summed E-state index contributed by atoms with van der Waals surface area (Å²) in [6, 6.07) is 4.72. The van der Waals surface area contributed by atoms with E-state index in [1.54, 1.807) is 20.8 Å². The second-order valence-corrected chi connectivity index (χ2v) is 7.58. The van der Waals surface area contributed by atoms with Gasteiger partial charge in [-0.2, -0.15) is 11.8 Å². The molecule has 0 fully saturated rings. The molecule has 0 aliphatic carbocycles. The highest BCUT2D eigenvalue weighted by Crippen LogP contribution is 2.23. The maximum atomic E-state index is 11.7. The first-order chi connectivity index (χ1) is 10.6. The number of carbonyl (C=O) groups is 2. The lowest BCUT2D eigenvalue weighted by Gasteiger charge is -2.21. The standard InChI is InChI=1S/C16H22ClNO4S/c1-10-5-6-11(12(17)7-10)8-23-9-13(14(19)20)18-15(21)22-16(2,3)4/h5-7,13H,8-9H2,1-4H3,(H,18,21)(H,19,20). The molecule has 0 saturated heterocycles. The third-order valence-corrected chi connectivity index (χ3v) is 4.18. The Labute approximate surface area is 145 Å². The summed E-state index contributed by atoms with van der Waals surface area (Å²) in [7, 11) is 0. The molecule has 0 heterocycles. The number of ether oxygens (including phenoxy) is 1. The van der Waals surface area contributed by atoms with Crippen LogP contribution in [0.2, 0.25) is 5.02 Å². The summed E-state index contributed by atoms with van der Waals surface area (Å²) in [4.78, 5) is 22.9. The van der Waals surface area contributed by atoms with Gasteiger partial charge in [0.25, 0.3) is 0 Å². The summed E-state index contributed by atoms with van der Waals surface area (Å²) in [5, 5.41) is 12.2. The van der Waals surface area contributed by atoms with Crippen LogP contribution >= 0.6 is 23.4 Å². The van der Waals surface area contributed by atoms with Crippen LogP contribution in [0.15, 0.2) is 18.2 Å². The van der Waals surface area contributed by atoms with E-state index in [0.29, 0.717) is 10.8 Å². The zero-order valence-electron chi connectivity index (χ0n) is 13.7. The van der Waals surface area contributed by atoms with Gasteiger partial charge in [-0.1, -0.05) is 23.7 Å². The largest absolute Gasteiger partial charge is 0.480 e. The number of carboxylic acid groups (broad SMARTS) is 1. The van der Waals surface area contributed by atoms with Crippen molar-refractivity contribution in [2.24, 2.45) is 0 Å². The van der Waals surface area contributed by atoms with Gasteiger partial charge in [0.15, 0.2) is 0 Å². The lowest BCUT2D eigenvalue weighted by Crippen LogP contribution is -2.44. The predicted octanol–water partition coefficient (Wildman–Crippen LogP) is 3.86. The van der Waals surface area contributed by atoms with Gasteiger partial charge in [0, 0.05) is 16.5 Å². The molecule has 1 rings (SSSR count). The Kier molecular flexibility index (Phi) is 7.22. The van der Waals surface area contributed by atoms with E-state index in [9.17, 15) is 14.7 Å².